The number of esters is 1. The molecule has 0 bridgehead atoms. The fourth-order valence-electron chi connectivity index (χ4n) is 4.19. The Morgan fingerprint density at radius 1 is 1.17 bits per heavy atom. The molecule has 138 valence electrons. The number of ether oxygens (including phenoxy) is 3. The highest BCUT2D eigenvalue weighted by Crippen LogP contribution is 2.46. The van der Waals surface area contributed by atoms with Crippen molar-refractivity contribution in [1.29, 1.82) is 0 Å². The third-order valence-electron chi connectivity index (χ3n) is 5.77. The number of carbonyl (C=O) groups is 1. The van der Waals surface area contributed by atoms with Gasteiger partial charge in [-0.2, -0.15) is 0 Å². The van der Waals surface area contributed by atoms with Crippen LogP contribution < -0.4 is 0 Å². The first-order valence-corrected chi connectivity index (χ1v) is 8.47. The Balaban J connectivity index is 1.70. The maximum Gasteiger partial charge on any atom is 0.309 e. The summed E-state index contributed by atoms with van der Waals surface area (Å²) in [5, 5.41) is 39.0. The fraction of sp³-hybridized carbons (Fsp3) is 0.938. The van der Waals surface area contributed by atoms with Crippen LogP contribution in [0, 0.1) is 23.7 Å². The summed E-state index contributed by atoms with van der Waals surface area (Å²) in [6.07, 6.45) is -6.18. The predicted molar refractivity (Wildman–Crippen MR) is 79.5 cm³/mol. The van der Waals surface area contributed by atoms with E-state index in [1.165, 1.54) is 0 Å². The van der Waals surface area contributed by atoms with Gasteiger partial charge in [-0.05, 0) is 24.2 Å². The highest BCUT2D eigenvalue weighted by molar-refractivity contribution is 5.74. The monoisotopic (exact) mass is 346 g/mol. The van der Waals surface area contributed by atoms with Crippen LogP contribution in [0.15, 0.2) is 0 Å². The maximum atomic E-state index is 12.1. The van der Waals surface area contributed by atoms with Crippen LogP contribution in [0.3, 0.4) is 0 Å². The molecule has 0 amide bonds. The summed E-state index contributed by atoms with van der Waals surface area (Å²) in [5.74, 6) is -0.193. The number of rotatable bonds is 3. The number of cyclic esters (lactones) is 1. The Hall–Kier alpha value is -0.770. The molecule has 0 spiro atoms. The molecule has 24 heavy (non-hydrogen) atoms. The first-order valence-electron chi connectivity index (χ1n) is 8.47. The predicted octanol–water partition coefficient (Wildman–Crippen LogP) is -1.36. The lowest BCUT2D eigenvalue weighted by Gasteiger charge is -2.41. The highest BCUT2D eigenvalue weighted by Gasteiger charge is 2.53. The summed E-state index contributed by atoms with van der Waals surface area (Å²) in [6.45, 7) is 3.84. The van der Waals surface area contributed by atoms with Gasteiger partial charge >= 0.3 is 5.97 Å². The number of aliphatic hydroxyl groups is 4. The van der Waals surface area contributed by atoms with Gasteiger partial charge in [0.25, 0.3) is 0 Å². The van der Waals surface area contributed by atoms with Crippen LogP contribution in [0.1, 0.15) is 20.3 Å². The SMILES string of the molecule is C[C@@H]1[C@H]2C(=O)OC[C@H](C)[C@H]2C[C@H]1O[C@@H]1O[C@H](CO)[C@@H](O)[C@H](O)[C@H]1O. The van der Waals surface area contributed by atoms with Crippen molar-refractivity contribution in [2.24, 2.45) is 23.7 Å². The average Bonchev–Trinajstić information content (AvgIpc) is 2.89. The molecule has 8 heteroatoms. The zero-order valence-electron chi connectivity index (χ0n) is 13.8. The highest BCUT2D eigenvalue weighted by atomic mass is 16.7. The molecule has 2 saturated heterocycles. The Bertz CT molecular complexity index is 469. The molecule has 0 unspecified atom stereocenters. The van der Waals surface area contributed by atoms with Crippen LogP contribution in [0.4, 0.5) is 0 Å². The van der Waals surface area contributed by atoms with Crippen molar-refractivity contribution in [2.75, 3.05) is 13.2 Å². The van der Waals surface area contributed by atoms with Crippen molar-refractivity contribution < 1.29 is 39.4 Å². The zero-order valence-corrected chi connectivity index (χ0v) is 13.8. The van der Waals surface area contributed by atoms with E-state index in [0.29, 0.717) is 13.0 Å². The van der Waals surface area contributed by atoms with Crippen LogP contribution in [-0.2, 0) is 19.0 Å². The molecule has 3 fully saturated rings. The van der Waals surface area contributed by atoms with Gasteiger partial charge in [0.15, 0.2) is 6.29 Å². The van der Waals surface area contributed by atoms with E-state index in [2.05, 4.69) is 0 Å². The number of hydrogen-bond donors (Lipinski definition) is 4. The Morgan fingerprint density at radius 2 is 1.88 bits per heavy atom. The maximum absolute atomic E-state index is 12.1. The van der Waals surface area contributed by atoms with E-state index < -0.39 is 37.3 Å². The summed E-state index contributed by atoms with van der Waals surface area (Å²) in [5.41, 5.74) is 0. The molecule has 3 aliphatic rings. The van der Waals surface area contributed by atoms with Gasteiger partial charge in [0.05, 0.1) is 25.2 Å². The smallest absolute Gasteiger partial charge is 0.309 e. The van der Waals surface area contributed by atoms with Crippen molar-refractivity contribution >= 4 is 5.97 Å². The lowest BCUT2D eigenvalue weighted by atomic mass is 9.81. The lowest BCUT2D eigenvalue weighted by molar-refractivity contribution is -0.313. The van der Waals surface area contributed by atoms with Gasteiger partial charge in [-0.1, -0.05) is 13.8 Å². The van der Waals surface area contributed by atoms with E-state index in [0.717, 1.165) is 0 Å². The Kier molecular flexibility index (Phi) is 5.15. The molecule has 2 aliphatic heterocycles. The second-order valence-electron chi connectivity index (χ2n) is 7.26. The number of fused-ring (bicyclic) bond motifs is 1. The van der Waals surface area contributed by atoms with Gasteiger partial charge in [-0.15, -0.1) is 0 Å². The van der Waals surface area contributed by atoms with Crippen molar-refractivity contribution in [3.8, 4) is 0 Å². The summed E-state index contributed by atoms with van der Waals surface area (Å²) in [4.78, 5) is 12.1. The average molecular weight is 346 g/mol. The minimum atomic E-state index is -1.47. The number of hydrogen-bond acceptors (Lipinski definition) is 8. The molecule has 2 heterocycles. The van der Waals surface area contributed by atoms with Crippen molar-refractivity contribution in [3.05, 3.63) is 0 Å². The second-order valence-corrected chi connectivity index (χ2v) is 7.26. The van der Waals surface area contributed by atoms with E-state index in [-0.39, 0.29) is 35.7 Å². The van der Waals surface area contributed by atoms with E-state index in [4.69, 9.17) is 14.2 Å². The molecular formula is C16H26O8. The van der Waals surface area contributed by atoms with Gasteiger partial charge in [-0.3, -0.25) is 4.79 Å². The summed E-state index contributed by atoms with van der Waals surface area (Å²) < 4.78 is 16.5. The van der Waals surface area contributed by atoms with Crippen LogP contribution in [0.2, 0.25) is 0 Å². The first-order chi connectivity index (χ1) is 11.3. The lowest BCUT2D eigenvalue weighted by Crippen LogP contribution is -2.59. The summed E-state index contributed by atoms with van der Waals surface area (Å²) in [6, 6.07) is 0. The third kappa shape index (κ3) is 2.95. The molecule has 8 nitrogen and oxygen atoms in total. The van der Waals surface area contributed by atoms with E-state index in [9.17, 15) is 25.2 Å². The van der Waals surface area contributed by atoms with Crippen LogP contribution in [-0.4, -0.2) is 76.4 Å². The van der Waals surface area contributed by atoms with Gasteiger partial charge < -0.3 is 34.6 Å². The largest absolute Gasteiger partial charge is 0.465 e. The molecule has 0 aromatic carbocycles. The van der Waals surface area contributed by atoms with E-state index in [1.54, 1.807) is 0 Å². The quantitative estimate of drug-likeness (QED) is 0.462. The molecular weight excluding hydrogens is 320 g/mol. The third-order valence-corrected chi connectivity index (χ3v) is 5.77. The minimum Gasteiger partial charge on any atom is -0.465 e. The molecule has 4 N–H and O–H groups in total. The molecule has 0 aromatic heterocycles. The topological polar surface area (TPSA) is 126 Å². The van der Waals surface area contributed by atoms with Gasteiger partial charge in [-0.25, -0.2) is 0 Å². The first kappa shape index (κ1) is 18.0. The van der Waals surface area contributed by atoms with Crippen LogP contribution >= 0.6 is 0 Å². The molecule has 1 saturated carbocycles. The summed E-state index contributed by atoms with van der Waals surface area (Å²) >= 11 is 0. The van der Waals surface area contributed by atoms with Gasteiger partial charge in [0, 0.05) is 0 Å². The number of aliphatic hydroxyl groups excluding tert-OH is 4. The van der Waals surface area contributed by atoms with Crippen molar-refractivity contribution in [1.82, 2.24) is 0 Å². The van der Waals surface area contributed by atoms with Gasteiger partial charge in [0.2, 0.25) is 0 Å². The Morgan fingerprint density at radius 3 is 2.50 bits per heavy atom. The standard InChI is InChI=1S/C16H26O8/c1-6-5-22-15(21)11-7(2)9(3-8(6)11)23-16-14(20)13(19)12(18)10(4-17)24-16/h6-14,16-20H,3-5H2,1-2H3/t6-,7-,8+,9+,10+,11+,12+,13-,14+,16+/m0/s1. The van der Waals surface area contributed by atoms with Crippen molar-refractivity contribution in [3.63, 3.8) is 0 Å². The van der Waals surface area contributed by atoms with Crippen LogP contribution in [0.25, 0.3) is 0 Å². The Labute approximate surface area is 140 Å². The zero-order chi connectivity index (χ0) is 17.6. The molecule has 0 aromatic rings. The normalized spacial score (nSPS) is 52.0. The minimum absolute atomic E-state index is 0.113. The summed E-state index contributed by atoms with van der Waals surface area (Å²) in [7, 11) is 0. The van der Waals surface area contributed by atoms with Gasteiger partial charge in [0.1, 0.15) is 24.4 Å². The fourth-order valence-corrected chi connectivity index (χ4v) is 4.19. The molecule has 3 rings (SSSR count). The molecule has 1 aliphatic carbocycles. The van der Waals surface area contributed by atoms with E-state index in [1.807, 2.05) is 13.8 Å². The van der Waals surface area contributed by atoms with Crippen molar-refractivity contribution in [2.45, 2.75) is 57.1 Å². The van der Waals surface area contributed by atoms with Crippen LogP contribution in [0.5, 0.6) is 0 Å². The second kappa shape index (κ2) is 6.86. The van der Waals surface area contributed by atoms with E-state index >= 15 is 0 Å². The number of carbonyl (C=O) groups excluding carboxylic acids is 1. The molecule has 10 atom stereocenters. The molecule has 0 radical (unpaired) electrons.